The molecule has 0 aromatic heterocycles. The van der Waals surface area contributed by atoms with Crippen LogP contribution < -0.4 is 4.74 Å². The van der Waals surface area contributed by atoms with Crippen LogP contribution in [0.25, 0.3) is 0 Å². The fraction of sp³-hybridized carbons (Fsp3) is 0.429. The molecule has 0 spiro atoms. The van der Waals surface area contributed by atoms with Gasteiger partial charge in [-0.2, -0.15) is 0 Å². The predicted octanol–water partition coefficient (Wildman–Crippen LogP) is 2.61. The maximum absolute atomic E-state index is 11.1. The van der Waals surface area contributed by atoms with Crippen LogP contribution in [0.15, 0.2) is 29.4 Å². The summed E-state index contributed by atoms with van der Waals surface area (Å²) in [5.74, 6) is 0.425. The molecule has 0 unspecified atom stereocenters. The van der Waals surface area contributed by atoms with Crippen molar-refractivity contribution >= 4 is 11.7 Å². The van der Waals surface area contributed by atoms with Crippen molar-refractivity contribution in [1.82, 2.24) is 0 Å². The molecular weight excluding hydrogens is 246 g/mol. The molecule has 0 aliphatic rings. The van der Waals surface area contributed by atoms with Crippen LogP contribution in [0.3, 0.4) is 0 Å². The second kappa shape index (κ2) is 8.13. The highest BCUT2D eigenvalue weighted by Crippen LogP contribution is 2.19. The lowest BCUT2D eigenvalue weighted by atomic mass is 10.1. The molecule has 0 heterocycles. The van der Waals surface area contributed by atoms with Gasteiger partial charge in [0, 0.05) is 12.0 Å². The third-order valence-corrected chi connectivity index (χ3v) is 2.51. The molecule has 0 radical (unpaired) electrons. The van der Waals surface area contributed by atoms with Crippen molar-refractivity contribution in [3.05, 3.63) is 29.8 Å². The van der Waals surface area contributed by atoms with E-state index >= 15 is 0 Å². The molecule has 0 saturated heterocycles. The van der Waals surface area contributed by atoms with Gasteiger partial charge in [-0.25, -0.2) is 0 Å². The largest absolute Gasteiger partial charge is 0.493 e. The smallest absolute Gasteiger partial charge is 0.305 e. The van der Waals surface area contributed by atoms with Crippen molar-refractivity contribution in [1.29, 1.82) is 0 Å². The zero-order chi connectivity index (χ0) is 14.1. The van der Waals surface area contributed by atoms with E-state index < -0.39 is 0 Å². The van der Waals surface area contributed by atoms with E-state index in [0.717, 1.165) is 5.56 Å². The summed E-state index contributed by atoms with van der Waals surface area (Å²) in [6, 6.07) is 7.30. The molecule has 19 heavy (non-hydrogen) atoms. The van der Waals surface area contributed by atoms with Crippen LogP contribution in [0.4, 0.5) is 0 Å². The third-order valence-electron chi connectivity index (χ3n) is 2.51. The summed E-state index contributed by atoms with van der Waals surface area (Å²) in [6.07, 6.45) is 0.922. The Hall–Kier alpha value is -2.04. The molecule has 0 amide bonds. The first-order chi connectivity index (χ1) is 9.19. The first kappa shape index (κ1) is 15.0. The average Bonchev–Trinajstić information content (AvgIpc) is 2.43. The normalized spacial score (nSPS) is 11.2. The van der Waals surface area contributed by atoms with Crippen LogP contribution in [-0.2, 0) is 9.53 Å². The van der Waals surface area contributed by atoms with E-state index in [0.29, 0.717) is 37.5 Å². The number of benzene rings is 1. The molecule has 1 aromatic carbocycles. The summed E-state index contributed by atoms with van der Waals surface area (Å²) >= 11 is 0. The maximum atomic E-state index is 11.1. The van der Waals surface area contributed by atoms with Crippen LogP contribution in [-0.4, -0.2) is 30.1 Å². The Balaban J connectivity index is 2.48. The van der Waals surface area contributed by atoms with Gasteiger partial charge in [0.2, 0.25) is 0 Å². The number of rotatable bonds is 7. The van der Waals surface area contributed by atoms with Crippen molar-refractivity contribution in [3.8, 4) is 5.75 Å². The van der Waals surface area contributed by atoms with E-state index in [1.807, 2.05) is 18.2 Å². The average molecular weight is 265 g/mol. The number of carbonyl (C=O) groups excluding carboxylic acids is 1. The number of nitrogens with zero attached hydrogens (tertiary/aromatic N) is 1. The van der Waals surface area contributed by atoms with E-state index in [1.165, 1.54) is 0 Å². The molecule has 0 bridgehead atoms. The van der Waals surface area contributed by atoms with E-state index in [1.54, 1.807) is 19.9 Å². The van der Waals surface area contributed by atoms with Crippen LogP contribution in [0.1, 0.15) is 32.3 Å². The summed E-state index contributed by atoms with van der Waals surface area (Å²) in [7, 11) is 0. The highest BCUT2D eigenvalue weighted by Gasteiger charge is 2.07. The van der Waals surface area contributed by atoms with Crippen molar-refractivity contribution in [3.63, 3.8) is 0 Å². The minimum atomic E-state index is -0.215. The number of oxime groups is 1. The Labute approximate surface area is 112 Å². The molecule has 1 rings (SSSR count). The van der Waals surface area contributed by atoms with Crippen LogP contribution in [0.2, 0.25) is 0 Å². The molecule has 0 aliphatic carbocycles. The minimum Gasteiger partial charge on any atom is -0.493 e. The highest BCUT2D eigenvalue weighted by molar-refractivity contribution is 6.00. The van der Waals surface area contributed by atoms with Crippen LogP contribution >= 0.6 is 0 Å². The zero-order valence-electron chi connectivity index (χ0n) is 11.3. The summed E-state index contributed by atoms with van der Waals surface area (Å²) in [5, 5.41) is 12.0. The van der Waals surface area contributed by atoms with Gasteiger partial charge in [-0.1, -0.05) is 17.3 Å². The third kappa shape index (κ3) is 4.99. The van der Waals surface area contributed by atoms with Gasteiger partial charge in [-0.3, -0.25) is 4.79 Å². The summed E-state index contributed by atoms with van der Waals surface area (Å²) in [5.41, 5.74) is 1.22. The van der Waals surface area contributed by atoms with Gasteiger partial charge >= 0.3 is 5.97 Å². The molecule has 5 nitrogen and oxygen atoms in total. The van der Waals surface area contributed by atoms with Gasteiger partial charge in [0.1, 0.15) is 5.75 Å². The lowest BCUT2D eigenvalue weighted by Gasteiger charge is -2.10. The molecule has 5 heteroatoms. The van der Waals surface area contributed by atoms with Crippen molar-refractivity contribution in [2.24, 2.45) is 5.16 Å². The minimum absolute atomic E-state index is 0.215. The van der Waals surface area contributed by atoms with Crippen LogP contribution in [0, 0.1) is 0 Å². The Morgan fingerprint density at radius 3 is 2.79 bits per heavy atom. The van der Waals surface area contributed by atoms with Gasteiger partial charge in [0.05, 0.1) is 18.9 Å². The van der Waals surface area contributed by atoms with Gasteiger partial charge in [-0.05, 0) is 32.4 Å². The first-order valence-electron chi connectivity index (χ1n) is 6.25. The molecule has 1 aromatic rings. The molecule has 0 saturated carbocycles. The number of esters is 1. The molecule has 0 atom stereocenters. The van der Waals surface area contributed by atoms with Crippen molar-refractivity contribution in [2.45, 2.75) is 26.7 Å². The Morgan fingerprint density at radius 2 is 2.11 bits per heavy atom. The number of para-hydroxylation sites is 1. The monoisotopic (exact) mass is 265 g/mol. The zero-order valence-corrected chi connectivity index (χ0v) is 11.3. The number of hydrogen-bond donors (Lipinski definition) is 1. The SMILES string of the molecule is CCOC(=O)CCCOc1ccccc1C(C)=NO. The number of carbonyl (C=O) groups is 1. The standard InChI is InChI=1S/C14H19NO4/c1-3-18-14(16)9-6-10-19-13-8-5-4-7-12(13)11(2)15-17/h4-5,7-8,17H,3,6,9-10H2,1-2H3. The predicted molar refractivity (Wildman–Crippen MR) is 71.8 cm³/mol. The molecule has 0 aliphatic heterocycles. The van der Waals surface area contributed by atoms with Crippen molar-refractivity contribution in [2.75, 3.05) is 13.2 Å². The molecule has 104 valence electrons. The Bertz CT molecular complexity index is 443. The van der Waals surface area contributed by atoms with Gasteiger partial charge in [0.15, 0.2) is 0 Å². The molecule has 1 N–H and O–H groups in total. The van der Waals surface area contributed by atoms with E-state index in [9.17, 15) is 4.79 Å². The summed E-state index contributed by atoms with van der Waals surface area (Å²) in [4.78, 5) is 11.1. The fourth-order valence-corrected chi connectivity index (χ4v) is 1.58. The lowest BCUT2D eigenvalue weighted by Crippen LogP contribution is -2.08. The quantitative estimate of drug-likeness (QED) is 0.270. The summed E-state index contributed by atoms with van der Waals surface area (Å²) in [6.45, 7) is 4.28. The van der Waals surface area contributed by atoms with Gasteiger partial charge in [-0.15, -0.1) is 0 Å². The topological polar surface area (TPSA) is 68.1 Å². The number of ether oxygens (including phenoxy) is 2. The number of hydrogen-bond acceptors (Lipinski definition) is 5. The first-order valence-corrected chi connectivity index (χ1v) is 6.25. The van der Waals surface area contributed by atoms with Gasteiger partial charge < -0.3 is 14.7 Å². The molecular formula is C14H19NO4. The van der Waals surface area contributed by atoms with Crippen LogP contribution in [0.5, 0.6) is 5.75 Å². The maximum Gasteiger partial charge on any atom is 0.305 e. The molecule has 0 fully saturated rings. The Morgan fingerprint density at radius 1 is 1.37 bits per heavy atom. The Kier molecular flexibility index (Phi) is 6.43. The summed E-state index contributed by atoms with van der Waals surface area (Å²) < 4.78 is 10.4. The van der Waals surface area contributed by atoms with E-state index in [2.05, 4.69) is 5.16 Å². The second-order valence-electron chi connectivity index (χ2n) is 3.94. The highest BCUT2D eigenvalue weighted by atomic mass is 16.5. The fourth-order valence-electron chi connectivity index (χ4n) is 1.58. The second-order valence-corrected chi connectivity index (χ2v) is 3.94. The van der Waals surface area contributed by atoms with E-state index in [4.69, 9.17) is 14.7 Å². The van der Waals surface area contributed by atoms with Crippen molar-refractivity contribution < 1.29 is 19.5 Å². The van der Waals surface area contributed by atoms with Gasteiger partial charge in [0.25, 0.3) is 0 Å². The van der Waals surface area contributed by atoms with E-state index in [-0.39, 0.29) is 5.97 Å². The lowest BCUT2D eigenvalue weighted by molar-refractivity contribution is -0.143.